The van der Waals surface area contributed by atoms with E-state index < -0.39 is 17.6 Å². The molecular weight excluding hydrogens is 401 g/mol. The summed E-state index contributed by atoms with van der Waals surface area (Å²) in [6.45, 7) is 0.301. The highest BCUT2D eigenvalue weighted by Gasteiger charge is 2.30. The van der Waals surface area contributed by atoms with Crippen molar-refractivity contribution in [3.05, 3.63) is 77.1 Å². The molecule has 9 heteroatoms. The third-order valence-electron chi connectivity index (χ3n) is 4.24. The van der Waals surface area contributed by atoms with E-state index in [9.17, 15) is 18.0 Å². The Labute approximate surface area is 170 Å². The molecular formula is C20H19F3N4OS. The van der Waals surface area contributed by atoms with Gasteiger partial charge < -0.3 is 9.88 Å². The molecule has 0 unspecified atom stereocenters. The Bertz CT molecular complexity index is 956. The van der Waals surface area contributed by atoms with Crippen LogP contribution in [0, 0.1) is 0 Å². The van der Waals surface area contributed by atoms with Crippen molar-refractivity contribution in [2.45, 2.75) is 23.5 Å². The molecule has 1 heterocycles. The van der Waals surface area contributed by atoms with Crippen molar-refractivity contribution in [1.29, 1.82) is 0 Å². The molecule has 1 amide bonds. The second-order valence-electron chi connectivity index (χ2n) is 6.31. The minimum Gasteiger partial charge on any atom is -0.352 e. The lowest BCUT2D eigenvalue weighted by atomic mass is 10.1. The number of thioether (sulfide) groups is 1. The zero-order valence-electron chi connectivity index (χ0n) is 15.6. The lowest BCUT2D eigenvalue weighted by Crippen LogP contribution is -2.26. The van der Waals surface area contributed by atoms with Crippen LogP contribution in [0.5, 0.6) is 0 Å². The summed E-state index contributed by atoms with van der Waals surface area (Å²) < 4.78 is 39.6. The summed E-state index contributed by atoms with van der Waals surface area (Å²) in [6, 6.07) is 14.1. The lowest BCUT2D eigenvalue weighted by molar-refractivity contribution is -0.137. The van der Waals surface area contributed by atoms with E-state index in [-0.39, 0.29) is 5.56 Å². The van der Waals surface area contributed by atoms with Gasteiger partial charge in [-0.15, -0.1) is 10.2 Å². The van der Waals surface area contributed by atoms with Crippen LogP contribution in [0.2, 0.25) is 0 Å². The van der Waals surface area contributed by atoms with E-state index in [4.69, 9.17) is 0 Å². The van der Waals surface area contributed by atoms with E-state index >= 15 is 0 Å². The van der Waals surface area contributed by atoms with E-state index in [0.717, 1.165) is 23.0 Å². The number of halogens is 3. The highest BCUT2D eigenvalue weighted by molar-refractivity contribution is 7.98. The first-order valence-corrected chi connectivity index (χ1v) is 9.83. The summed E-state index contributed by atoms with van der Waals surface area (Å²) in [5, 5.41) is 11.8. The van der Waals surface area contributed by atoms with Gasteiger partial charge in [-0.3, -0.25) is 4.79 Å². The molecule has 1 N–H and O–H groups in total. The summed E-state index contributed by atoms with van der Waals surface area (Å²) >= 11 is 1.57. The predicted octanol–water partition coefficient (Wildman–Crippen LogP) is 4.10. The number of rotatable bonds is 7. The largest absolute Gasteiger partial charge is 0.416 e. The lowest BCUT2D eigenvalue weighted by Gasteiger charge is -2.08. The number of alkyl halides is 3. The number of benzene rings is 2. The number of carbonyl (C=O) groups is 1. The fourth-order valence-electron chi connectivity index (χ4n) is 2.61. The SMILES string of the molecule is Cn1c(CCNC(=O)c2ccc(C(F)(F)F)cc2)nnc1SCc1ccccc1. The zero-order chi connectivity index (χ0) is 20.9. The second-order valence-corrected chi connectivity index (χ2v) is 7.26. The highest BCUT2D eigenvalue weighted by atomic mass is 32.2. The molecule has 3 rings (SSSR count). The first-order chi connectivity index (χ1) is 13.8. The number of nitrogens with zero attached hydrogens (tertiary/aromatic N) is 3. The first-order valence-electron chi connectivity index (χ1n) is 8.85. The summed E-state index contributed by atoms with van der Waals surface area (Å²) in [5.41, 5.74) is 0.578. The van der Waals surface area contributed by atoms with Gasteiger partial charge >= 0.3 is 6.18 Å². The fourth-order valence-corrected chi connectivity index (χ4v) is 3.50. The molecule has 0 bridgehead atoms. The van der Waals surface area contributed by atoms with Gasteiger partial charge in [-0.05, 0) is 29.8 Å². The molecule has 152 valence electrons. The number of amides is 1. The maximum atomic E-state index is 12.6. The van der Waals surface area contributed by atoms with Gasteiger partial charge in [-0.1, -0.05) is 42.1 Å². The van der Waals surface area contributed by atoms with E-state index in [2.05, 4.69) is 15.5 Å². The molecule has 2 aromatic carbocycles. The average molecular weight is 420 g/mol. The molecule has 0 atom stereocenters. The molecule has 0 spiro atoms. The quantitative estimate of drug-likeness (QED) is 0.585. The van der Waals surface area contributed by atoms with E-state index in [1.165, 1.54) is 17.7 Å². The number of nitrogens with one attached hydrogen (secondary N) is 1. The Morgan fingerprint density at radius 1 is 1.07 bits per heavy atom. The summed E-state index contributed by atoms with van der Waals surface area (Å²) in [4.78, 5) is 12.1. The Morgan fingerprint density at radius 2 is 1.76 bits per heavy atom. The molecule has 3 aromatic rings. The smallest absolute Gasteiger partial charge is 0.352 e. The highest BCUT2D eigenvalue weighted by Crippen LogP contribution is 2.29. The van der Waals surface area contributed by atoms with Crippen LogP contribution < -0.4 is 5.32 Å². The van der Waals surface area contributed by atoms with Gasteiger partial charge in [0.1, 0.15) is 5.82 Å². The minimum absolute atomic E-state index is 0.176. The predicted molar refractivity (Wildman–Crippen MR) is 104 cm³/mol. The van der Waals surface area contributed by atoms with Gasteiger partial charge in [0.25, 0.3) is 5.91 Å². The van der Waals surface area contributed by atoms with Crippen molar-refractivity contribution in [3.8, 4) is 0 Å². The van der Waals surface area contributed by atoms with Crippen LogP contribution in [0.4, 0.5) is 13.2 Å². The van der Waals surface area contributed by atoms with Gasteiger partial charge in [0.15, 0.2) is 5.16 Å². The van der Waals surface area contributed by atoms with Crippen LogP contribution in [-0.4, -0.2) is 27.2 Å². The normalized spacial score (nSPS) is 11.4. The van der Waals surface area contributed by atoms with Crippen molar-refractivity contribution >= 4 is 17.7 Å². The third-order valence-corrected chi connectivity index (χ3v) is 5.34. The number of aromatic nitrogens is 3. The van der Waals surface area contributed by atoms with Crippen LogP contribution in [0.3, 0.4) is 0 Å². The van der Waals surface area contributed by atoms with Gasteiger partial charge in [0.05, 0.1) is 5.56 Å². The van der Waals surface area contributed by atoms with Crippen LogP contribution in [0.25, 0.3) is 0 Å². The molecule has 0 aliphatic rings. The zero-order valence-corrected chi connectivity index (χ0v) is 16.4. The number of hydrogen-bond donors (Lipinski definition) is 1. The minimum atomic E-state index is -4.42. The Hall–Kier alpha value is -2.81. The van der Waals surface area contributed by atoms with Crippen LogP contribution >= 0.6 is 11.8 Å². The summed E-state index contributed by atoms with van der Waals surface area (Å²) in [6.07, 6.45) is -3.96. The standard InChI is InChI=1S/C20H19F3N4OS/c1-27-17(25-26-19(27)29-13-14-5-3-2-4-6-14)11-12-24-18(28)15-7-9-16(10-8-15)20(21,22)23/h2-10H,11-13H2,1H3,(H,24,28). The first kappa shape index (κ1) is 20.9. The molecule has 29 heavy (non-hydrogen) atoms. The van der Waals surface area contributed by atoms with E-state index in [0.29, 0.717) is 18.8 Å². The van der Waals surface area contributed by atoms with Crippen molar-refractivity contribution in [2.24, 2.45) is 7.05 Å². The summed E-state index contributed by atoms with van der Waals surface area (Å²) in [7, 11) is 1.86. The maximum Gasteiger partial charge on any atom is 0.416 e. The molecule has 0 saturated heterocycles. The Morgan fingerprint density at radius 3 is 2.41 bits per heavy atom. The Kier molecular flexibility index (Phi) is 6.58. The van der Waals surface area contributed by atoms with Crippen LogP contribution in [-0.2, 0) is 25.4 Å². The third kappa shape index (κ3) is 5.60. The van der Waals surface area contributed by atoms with Gasteiger partial charge in [-0.25, -0.2) is 0 Å². The molecule has 1 aromatic heterocycles. The molecule has 0 saturated carbocycles. The molecule has 0 aliphatic carbocycles. The van der Waals surface area contributed by atoms with Crippen molar-refractivity contribution in [1.82, 2.24) is 20.1 Å². The van der Waals surface area contributed by atoms with Crippen molar-refractivity contribution in [2.75, 3.05) is 6.54 Å². The van der Waals surface area contributed by atoms with E-state index in [1.54, 1.807) is 11.8 Å². The van der Waals surface area contributed by atoms with Gasteiger partial charge in [0.2, 0.25) is 0 Å². The van der Waals surface area contributed by atoms with Crippen molar-refractivity contribution < 1.29 is 18.0 Å². The average Bonchev–Trinajstić information content (AvgIpc) is 3.06. The number of carbonyl (C=O) groups excluding carboxylic acids is 1. The van der Waals surface area contributed by atoms with Gasteiger partial charge in [-0.2, -0.15) is 13.2 Å². The monoisotopic (exact) mass is 420 g/mol. The van der Waals surface area contributed by atoms with Crippen molar-refractivity contribution in [3.63, 3.8) is 0 Å². The molecule has 0 fully saturated rings. The topological polar surface area (TPSA) is 59.8 Å². The maximum absolute atomic E-state index is 12.6. The Balaban J connectivity index is 1.50. The molecule has 0 radical (unpaired) electrons. The molecule has 0 aliphatic heterocycles. The van der Waals surface area contributed by atoms with E-state index in [1.807, 2.05) is 41.9 Å². The van der Waals surface area contributed by atoms with Gasteiger partial charge in [0, 0.05) is 31.3 Å². The second kappa shape index (κ2) is 9.13. The number of hydrogen-bond acceptors (Lipinski definition) is 4. The summed E-state index contributed by atoms with van der Waals surface area (Å²) in [5.74, 6) is 1.06. The van der Waals surface area contributed by atoms with Crippen LogP contribution in [0.15, 0.2) is 59.8 Å². The molecule has 5 nitrogen and oxygen atoms in total. The fraction of sp³-hybridized carbons (Fsp3) is 0.250. The van der Waals surface area contributed by atoms with Crippen LogP contribution in [0.1, 0.15) is 27.3 Å².